The fraction of sp³-hybridized carbons (Fsp3) is 0.118. The molecule has 3 N–H and O–H groups in total. The highest BCUT2D eigenvalue weighted by atomic mass is 16.3. The molecule has 0 spiro atoms. The molecule has 0 saturated carbocycles. The van der Waals surface area contributed by atoms with E-state index >= 15 is 0 Å². The van der Waals surface area contributed by atoms with Crippen LogP contribution in [-0.2, 0) is 0 Å². The molecule has 116 valence electrons. The summed E-state index contributed by atoms with van der Waals surface area (Å²) >= 11 is 0. The average molecular weight is 309 g/mol. The summed E-state index contributed by atoms with van der Waals surface area (Å²) in [5, 5.41) is 12.7. The van der Waals surface area contributed by atoms with Crippen molar-refractivity contribution in [3.63, 3.8) is 0 Å². The minimum absolute atomic E-state index is 0.0117. The third-order valence-electron chi connectivity index (χ3n) is 3.48. The number of nitrogens with one attached hydrogen (secondary N) is 2. The Morgan fingerprint density at radius 3 is 2.65 bits per heavy atom. The number of anilines is 1. The molecule has 2 aromatic heterocycles. The quantitative estimate of drug-likeness (QED) is 0.645. The molecule has 0 unspecified atom stereocenters. The number of carbonyl (C=O) groups is 2. The van der Waals surface area contributed by atoms with Gasteiger partial charge < -0.3 is 15.4 Å². The Morgan fingerprint density at radius 2 is 1.96 bits per heavy atom. The van der Waals surface area contributed by atoms with Crippen LogP contribution in [-0.4, -0.2) is 26.8 Å². The Balaban J connectivity index is 1.84. The molecule has 3 rings (SSSR count). The van der Waals surface area contributed by atoms with Crippen LogP contribution in [0.5, 0.6) is 5.75 Å². The van der Waals surface area contributed by atoms with Gasteiger partial charge in [-0.1, -0.05) is 6.92 Å². The van der Waals surface area contributed by atoms with E-state index < -0.39 is 0 Å². The van der Waals surface area contributed by atoms with Crippen molar-refractivity contribution >= 4 is 28.4 Å². The van der Waals surface area contributed by atoms with Gasteiger partial charge in [0.05, 0.1) is 17.6 Å². The van der Waals surface area contributed by atoms with Gasteiger partial charge in [-0.15, -0.1) is 0 Å². The summed E-state index contributed by atoms with van der Waals surface area (Å²) in [6.07, 6.45) is 1.94. The zero-order valence-electron chi connectivity index (χ0n) is 12.5. The number of pyridine rings is 1. The highest BCUT2D eigenvalue weighted by Gasteiger charge is 2.10. The first-order chi connectivity index (χ1) is 11.1. The predicted octanol–water partition coefficient (Wildman–Crippen LogP) is 3.11. The van der Waals surface area contributed by atoms with Crippen molar-refractivity contribution < 1.29 is 14.7 Å². The number of fused-ring (bicyclic) bond motifs is 1. The van der Waals surface area contributed by atoms with Gasteiger partial charge >= 0.3 is 0 Å². The number of hydrogen-bond donors (Lipinski definition) is 3. The van der Waals surface area contributed by atoms with Gasteiger partial charge in [0.1, 0.15) is 11.4 Å². The normalized spacial score (nSPS) is 10.7. The van der Waals surface area contributed by atoms with E-state index in [1.807, 2.05) is 0 Å². The molecule has 0 aliphatic heterocycles. The van der Waals surface area contributed by atoms with E-state index in [1.54, 1.807) is 19.1 Å². The summed E-state index contributed by atoms with van der Waals surface area (Å²) < 4.78 is 0. The van der Waals surface area contributed by atoms with Crippen molar-refractivity contribution in [2.75, 3.05) is 5.32 Å². The Kier molecular flexibility index (Phi) is 3.80. The number of hydrogen-bond acceptors (Lipinski definition) is 4. The maximum Gasteiger partial charge on any atom is 0.255 e. The van der Waals surface area contributed by atoms with Gasteiger partial charge in [0.15, 0.2) is 5.78 Å². The molecule has 1 amide bonds. The van der Waals surface area contributed by atoms with Crippen LogP contribution in [0, 0.1) is 0 Å². The van der Waals surface area contributed by atoms with Crippen molar-refractivity contribution in [3.8, 4) is 5.75 Å². The maximum atomic E-state index is 12.1. The fourth-order valence-corrected chi connectivity index (χ4v) is 2.24. The van der Waals surface area contributed by atoms with Crippen molar-refractivity contribution in [3.05, 3.63) is 53.9 Å². The van der Waals surface area contributed by atoms with E-state index in [4.69, 9.17) is 0 Å². The summed E-state index contributed by atoms with van der Waals surface area (Å²) in [7, 11) is 0. The number of rotatable bonds is 4. The molecule has 6 heteroatoms. The van der Waals surface area contributed by atoms with Crippen LogP contribution in [0.3, 0.4) is 0 Å². The lowest BCUT2D eigenvalue weighted by Crippen LogP contribution is -2.11. The lowest BCUT2D eigenvalue weighted by molar-refractivity contribution is 0.0982. The van der Waals surface area contributed by atoms with E-state index in [2.05, 4.69) is 15.3 Å². The van der Waals surface area contributed by atoms with E-state index in [-0.39, 0.29) is 17.4 Å². The second kappa shape index (κ2) is 5.92. The lowest BCUT2D eigenvalue weighted by Gasteiger charge is -2.05. The maximum absolute atomic E-state index is 12.1. The molecule has 0 fully saturated rings. The number of aromatic hydroxyl groups is 1. The van der Waals surface area contributed by atoms with Crippen molar-refractivity contribution in [1.29, 1.82) is 0 Å². The zero-order chi connectivity index (χ0) is 16.4. The molecule has 0 aliphatic rings. The van der Waals surface area contributed by atoms with Crippen LogP contribution in [0.15, 0.2) is 42.6 Å². The topological polar surface area (TPSA) is 95.1 Å². The smallest absolute Gasteiger partial charge is 0.255 e. The summed E-state index contributed by atoms with van der Waals surface area (Å²) in [6.45, 7) is 1.80. The monoisotopic (exact) mass is 309 g/mol. The van der Waals surface area contributed by atoms with Crippen molar-refractivity contribution in [2.45, 2.75) is 13.3 Å². The number of aromatic nitrogens is 2. The van der Waals surface area contributed by atoms with Crippen LogP contribution in [0.4, 0.5) is 5.69 Å². The third kappa shape index (κ3) is 3.06. The van der Waals surface area contributed by atoms with E-state index in [1.165, 1.54) is 30.5 Å². The van der Waals surface area contributed by atoms with Gasteiger partial charge in [0.2, 0.25) is 0 Å². The van der Waals surface area contributed by atoms with Gasteiger partial charge in [0, 0.05) is 17.4 Å². The predicted molar refractivity (Wildman–Crippen MR) is 86.8 cm³/mol. The first-order valence-electron chi connectivity index (χ1n) is 7.19. The molecule has 3 aromatic rings. The van der Waals surface area contributed by atoms with Crippen LogP contribution in [0.1, 0.15) is 34.2 Å². The van der Waals surface area contributed by atoms with Crippen LogP contribution in [0.25, 0.3) is 11.0 Å². The first-order valence-corrected chi connectivity index (χ1v) is 7.19. The van der Waals surface area contributed by atoms with Gasteiger partial charge in [-0.05, 0) is 36.4 Å². The first kappa shape index (κ1) is 14.8. The number of benzene rings is 1. The molecule has 0 bridgehead atoms. The second-order valence-electron chi connectivity index (χ2n) is 5.12. The SMILES string of the molecule is CCC(=O)c1cc2cc(NC(=O)c3ccc(O)cc3)cnc2[nH]1. The van der Waals surface area contributed by atoms with Crippen LogP contribution < -0.4 is 5.32 Å². The van der Waals surface area contributed by atoms with E-state index in [9.17, 15) is 14.7 Å². The number of amides is 1. The molecule has 0 atom stereocenters. The van der Waals surface area contributed by atoms with E-state index in [0.717, 1.165) is 5.39 Å². The van der Waals surface area contributed by atoms with Crippen LogP contribution in [0.2, 0.25) is 0 Å². The molecule has 23 heavy (non-hydrogen) atoms. The Bertz CT molecular complexity index is 882. The average Bonchev–Trinajstić information content (AvgIpc) is 2.98. The Hall–Kier alpha value is -3.15. The number of ketones is 1. The number of phenols is 1. The minimum atomic E-state index is -0.299. The number of aromatic amines is 1. The number of phenolic OH excluding ortho intramolecular Hbond substituents is 1. The lowest BCUT2D eigenvalue weighted by atomic mass is 10.2. The largest absolute Gasteiger partial charge is 0.508 e. The molecule has 6 nitrogen and oxygen atoms in total. The Morgan fingerprint density at radius 1 is 1.22 bits per heavy atom. The minimum Gasteiger partial charge on any atom is -0.508 e. The number of H-pyrrole nitrogens is 1. The molecule has 0 saturated heterocycles. The molecule has 2 heterocycles. The standard InChI is InChI=1S/C17H15N3O3/c1-2-15(22)14-8-11-7-12(9-18-16(11)20-14)19-17(23)10-3-5-13(21)6-4-10/h3-9,21H,2H2,1H3,(H,18,20)(H,19,23). The molecule has 1 aromatic carbocycles. The van der Waals surface area contributed by atoms with Gasteiger partial charge in [-0.25, -0.2) is 4.98 Å². The summed E-state index contributed by atoms with van der Waals surface area (Å²) in [5.74, 6) is -0.186. The van der Waals surface area contributed by atoms with Crippen molar-refractivity contribution in [1.82, 2.24) is 9.97 Å². The number of nitrogens with zero attached hydrogens (tertiary/aromatic N) is 1. The summed E-state index contributed by atoms with van der Waals surface area (Å²) in [5.41, 5.74) is 2.07. The molecule has 0 radical (unpaired) electrons. The van der Waals surface area contributed by atoms with Crippen LogP contribution >= 0.6 is 0 Å². The number of carbonyl (C=O) groups excluding carboxylic acids is 2. The van der Waals surface area contributed by atoms with Gasteiger partial charge in [0.25, 0.3) is 5.91 Å². The Labute approximate surface area is 132 Å². The molecular formula is C17H15N3O3. The highest BCUT2D eigenvalue weighted by molar-refractivity contribution is 6.05. The zero-order valence-corrected chi connectivity index (χ0v) is 12.5. The summed E-state index contributed by atoms with van der Waals surface area (Å²) in [4.78, 5) is 31.0. The summed E-state index contributed by atoms with van der Waals surface area (Å²) in [6, 6.07) is 9.44. The number of Topliss-reactive ketones (excluding diaryl/α,β-unsaturated/α-hetero) is 1. The second-order valence-corrected chi connectivity index (χ2v) is 5.12. The third-order valence-corrected chi connectivity index (χ3v) is 3.48. The fourth-order valence-electron chi connectivity index (χ4n) is 2.24. The highest BCUT2D eigenvalue weighted by Crippen LogP contribution is 2.19. The molecule has 0 aliphatic carbocycles. The van der Waals surface area contributed by atoms with E-state index in [0.29, 0.717) is 29.0 Å². The van der Waals surface area contributed by atoms with Gasteiger partial charge in [-0.3, -0.25) is 9.59 Å². The van der Waals surface area contributed by atoms with Crippen molar-refractivity contribution in [2.24, 2.45) is 0 Å². The van der Waals surface area contributed by atoms with Gasteiger partial charge in [-0.2, -0.15) is 0 Å². The molecular weight excluding hydrogens is 294 g/mol.